The molecule has 1 aromatic carbocycles. The smallest absolute Gasteiger partial charge is 0.137 e. The van der Waals surface area contributed by atoms with Gasteiger partial charge in [-0.05, 0) is 40.0 Å². The molecule has 0 unspecified atom stereocenters. The van der Waals surface area contributed by atoms with Gasteiger partial charge in [0.2, 0.25) is 0 Å². The van der Waals surface area contributed by atoms with E-state index < -0.39 is 0 Å². The molecule has 0 aliphatic carbocycles. The number of halogens is 1. The zero-order chi connectivity index (χ0) is 15.5. The molecule has 0 saturated carbocycles. The number of benzene rings is 1. The van der Waals surface area contributed by atoms with Gasteiger partial charge in [-0.1, -0.05) is 51.9 Å². The number of hydrogen-bond acceptors (Lipinski definition) is 3. The Morgan fingerprint density at radius 3 is 2.24 bits per heavy atom. The summed E-state index contributed by atoms with van der Waals surface area (Å²) in [7, 11) is 0. The van der Waals surface area contributed by atoms with Crippen molar-refractivity contribution in [3.05, 3.63) is 22.2 Å². The van der Waals surface area contributed by atoms with Gasteiger partial charge in [-0.3, -0.25) is 0 Å². The highest BCUT2D eigenvalue weighted by molar-refractivity contribution is 9.10. The van der Waals surface area contributed by atoms with E-state index >= 15 is 0 Å². The van der Waals surface area contributed by atoms with E-state index in [0.717, 1.165) is 6.42 Å². The zero-order valence-corrected chi connectivity index (χ0v) is 14.5. The van der Waals surface area contributed by atoms with Crippen molar-refractivity contribution in [1.29, 1.82) is 0 Å². The topological polar surface area (TPSA) is 49.7 Å². The van der Waals surface area contributed by atoms with Gasteiger partial charge in [0.1, 0.15) is 16.0 Å². The van der Waals surface area contributed by atoms with Crippen molar-refractivity contribution in [2.45, 2.75) is 64.9 Å². The van der Waals surface area contributed by atoms with E-state index in [9.17, 15) is 5.11 Å². The first-order valence-corrected chi connectivity index (χ1v) is 8.73. The second-order valence-corrected chi connectivity index (χ2v) is 6.20. The number of ether oxygens (including phenoxy) is 1. The van der Waals surface area contributed by atoms with E-state index in [-0.39, 0.29) is 12.4 Å². The molecule has 0 aromatic heterocycles. The van der Waals surface area contributed by atoms with E-state index in [1.54, 1.807) is 6.07 Å². The van der Waals surface area contributed by atoms with E-state index in [1.807, 2.05) is 0 Å². The van der Waals surface area contributed by atoms with Crippen LogP contribution in [0.2, 0.25) is 0 Å². The number of aromatic hydroxyl groups is 1. The average Bonchev–Trinajstić information content (AvgIpc) is 2.49. The van der Waals surface area contributed by atoms with Gasteiger partial charge >= 0.3 is 0 Å². The third-order valence-corrected chi connectivity index (χ3v) is 4.31. The fourth-order valence-electron chi connectivity index (χ4n) is 2.25. The number of rotatable bonds is 11. The van der Waals surface area contributed by atoms with Crippen LogP contribution in [0.4, 0.5) is 0 Å². The number of unbranched alkanes of at least 4 members (excludes halogenated alkanes) is 7. The van der Waals surface area contributed by atoms with Crippen molar-refractivity contribution in [3.63, 3.8) is 0 Å². The van der Waals surface area contributed by atoms with Gasteiger partial charge in [-0.15, -0.1) is 0 Å². The summed E-state index contributed by atoms with van der Waals surface area (Å²) in [6.45, 7) is 2.77. The van der Waals surface area contributed by atoms with E-state index in [1.165, 1.54) is 51.0 Å². The summed E-state index contributed by atoms with van der Waals surface area (Å²) in [6.07, 6.45) is 10.1. The van der Waals surface area contributed by atoms with Crippen LogP contribution in [0, 0.1) is 0 Å². The molecular formula is C17H27BrO3. The summed E-state index contributed by atoms with van der Waals surface area (Å²) in [5, 5.41) is 18.8. The molecular weight excluding hydrogens is 332 g/mol. The SMILES string of the molecule is CCCCCCCCCCOc1cc(CO)cc(O)c1Br. The first-order chi connectivity index (χ1) is 10.2. The second kappa shape index (κ2) is 10.9. The molecule has 0 atom stereocenters. The predicted octanol–water partition coefficient (Wildman–Crippen LogP) is 5.17. The molecule has 120 valence electrons. The van der Waals surface area contributed by atoms with Crippen LogP contribution in [0.25, 0.3) is 0 Å². The molecule has 0 bridgehead atoms. The molecule has 0 spiro atoms. The number of hydrogen-bond donors (Lipinski definition) is 2. The molecule has 1 rings (SSSR count). The molecule has 2 N–H and O–H groups in total. The molecule has 3 nitrogen and oxygen atoms in total. The van der Waals surface area contributed by atoms with Crippen LogP contribution in [-0.4, -0.2) is 16.8 Å². The van der Waals surface area contributed by atoms with Crippen molar-refractivity contribution in [1.82, 2.24) is 0 Å². The molecule has 0 fully saturated rings. The standard InChI is InChI=1S/C17H27BrO3/c1-2-3-4-5-6-7-8-9-10-21-16-12-14(13-19)11-15(20)17(16)18/h11-12,19-20H,2-10,13H2,1H3. The molecule has 0 heterocycles. The number of phenolic OH excluding ortho intramolecular Hbond substituents is 1. The van der Waals surface area contributed by atoms with Gasteiger partial charge < -0.3 is 14.9 Å². The first-order valence-electron chi connectivity index (χ1n) is 7.94. The summed E-state index contributed by atoms with van der Waals surface area (Å²) >= 11 is 3.30. The highest BCUT2D eigenvalue weighted by Crippen LogP contribution is 2.35. The van der Waals surface area contributed by atoms with Crippen LogP contribution < -0.4 is 4.74 Å². The summed E-state index contributed by atoms with van der Waals surface area (Å²) in [4.78, 5) is 0. The second-order valence-electron chi connectivity index (χ2n) is 5.41. The highest BCUT2D eigenvalue weighted by Gasteiger charge is 2.08. The zero-order valence-electron chi connectivity index (χ0n) is 12.9. The summed E-state index contributed by atoms with van der Waals surface area (Å²) in [5.74, 6) is 0.703. The van der Waals surface area contributed by atoms with Gasteiger partial charge in [-0.2, -0.15) is 0 Å². The molecule has 0 amide bonds. The maximum absolute atomic E-state index is 9.72. The molecule has 21 heavy (non-hydrogen) atoms. The van der Waals surface area contributed by atoms with E-state index in [2.05, 4.69) is 22.9 Å². The maximum atomic E-state index is 9.72. The van der Waals surface area contributed by atoms with Crippen LogP contribution in [0.1, 0.15) is 63.9 Å². The Hall–Kier alpha value is -0.740. The van der Waals surface area contributed by atoms with Crippen molar-refractivity contribution in [2.75, 3.05) is 6.61 Å². The van der Waals surface area contributed by atoms with Crippen LogP contribution in [0.3, 0.4) is 0 Å². The molecule has 0 aliphatic rings. The fraction of sp³-hybridized carbons (Fsp3) is 0.647. The predicted molar refractivity (Wildman–Crippen MR) is 89.8 cm³/mol. The summed E-state index contributed by atoms with van der Waals surface area (Å²) < 4.78 is 6.24. The Morgan fingerprint density at radius 2 is 1.62 bits per heavy atom. The third kappa shape index (κ3) is 7.18. The molecule has 1 aromatic rings. The minimum atomic E-state index is -0.102. The first kappa shape index (κ1) is 18.3. The van der Waals surface area contributed by atoms with Crippen molar-refractivity contribution < 1.29 is 14.9 Å². The lowest BCUT2D eigenvalue weighted by Gasteiger charge is -2.11. The lowest BCUT2D eigenvalue weighted by atomic mass is 10.1. The summed E-state index contributed by atoms with van der Waals surface area (Å²) in [6, 6.07) is 3.29. The lowest BCUT2D eigenvalue weighted by Crippen LogP contribution is -1.99. The molecule has 0 radical (unpaired) electrons. The number of aliphatic hydroxyl groups excluding tert-OH is 1. The van der Waals surface area contributed by atoms with Crippen molar-refractivity contribution in [2.24, 2.45) is 0 Å². The Labute approximate surface area is 136 Å². The summed E-state index contributed by atoms with van der Waals surface area (Å²) in [5.41, 5.74) is 0.654. The number of phenols is 1. The Balaban J connectivity index is 2.19. The van der Waals surface area contributed by atoms with Gasteiger partial charge in [0.15, 0.2) is 0 Å². The number of aliphatic hydroxyl groups is 1. The van der Waals surface area contributed by atoms with Gasteiger partial charge in [0.25, 0.3) is 0 Å². The Kier molecular flexibility index (Phi) is 9.51. The van der Waals surface area contributed by atoms with Crippen LogP contribution >= 0.6 is 15.9 Å². The van der Waals surface area contributed by atoms with E-state index in [0.29, 0.717) is 22.4 Å². The minimum Gasteiger partial charge on any atom is -0.507 e. The van der Waals surface area contributed by atoms with E-state index in [4.69, 9.17) is 9.84 Å². The van der Waals surface area contributed by atoms with Crippen LogP contribution in [-0.2, 0) is 6.61 Å². The third-order valence-electron chi connectivity index (χ3n) is 3.52. The molecule has 4 heteroatoms. The van der Waals surface area contributed by atoms with Crippen LogP contribution in [0.5, 0.6) is 11.5 Å². The Morgan fingerprint density at radius 1 is 1.00 bits per heavy atom. The lowest BCUT2D eigenvalue weighted by molar-refractivity contribution is 0.276. The van der Waals surface area contributed by atoms with Crippen molar-refractivity contribution >= 4 is 15.9 Å². The monoisotopic (exact) mass is 358 g/mol. The van der Waals surface area contributed by atoms with Crippen LogP contribution in [0.15, 0.2) is 16.6 Å². The minimum absolute atomic E-state index is 0.102. The van der Waals surface area contributed by atoms with Gasteiger partial charge in [-0.25, -0.2) is 0 Å². The fourth-order valence-corrected chi connectivity index (χ4v) is 2.60. The highest BCUT2D eigenvalue weighted by atomic mass is 79.9. The normalized spacial score (nSPS) is 10.8. The quantitative estimate of drug-likeness (QED) is 0.536. The van der Waals surface area contributed by atoms with Crippen molar-refractivity contribution in [3.8, 4) is 11.5 Å². The van der Waals surface area contributed by atoms with Gasteiger partial charge in [0.05, 0.1) is 13.2 Å². The average molecular weight is 359 g/mol. The maximum Gasteiger partial charge on any atom is 0.137 e. The molecule has 0 saturated heterocycles. The Bertz CT molecular complexity index is 407. The largest absolute Gasteiger partial charge is 0.507 e. The molecule has 0 aliphatic heterocycles. The van der Waals surface area contributed by atoms with Gasteiger partial charge in [0, 0.05) is 0 Å².